The molecular weight excluding hydrogens is 474 g/mol. The number of anilines is 1. The number of aromatic nitrogens is 4. The van der Waals surface area contributed by atoms with E-state index in [9.17, 15) is 9.59 Å². The maximum atomic E-state index is 12.8. The van der Waals surface area contributed by atoms with Crippen molar-refractivity contribution in [3.05, 3.63) is 118 Å². The van der Waals surface area contributed by atoms with E-state index >= 15 is 0 Å². The first-order chi connectivity index (χ1) is 17.6. The van der Waals surface area contributed by atoms with Crippen molar-refractivity contribution in [3.63, 3.8) is 0 Å². The van der Waals surface area contributed by atoms with Crippen molar-refractivity contribution in [2.75, 3.05) is 12.4 Å². The summed E-state index contributed by atoms with van der Waals surface area (Å²) in [5.74, 6) is -0.0193. The molecule has 0 fully saturated rings. The van der Waals surface area contributed by atoms with Crippen LogP contribution in [0.5, 0.6) is 0 Å². The molecule has 0 amide bonds. The molecule has 0 atom stereocenters. The first kappa shape index (κ1) is 24.5. The second-order valence-electron chi connectivity index (χ2n) is 7.65. The Morgan fingerprint density at radius 1 is 0.917 bits per heavy atom. The van der Waals surface area contributed by atoms with Crippen LogP contribution in [0.2, 0.25) is 5.15 Å². The summed E-state index contributed by atoms with van der Waals surface area (Å²) in [6.07, 6.45) is 7.81. The van der Waals surface area contributed by atoms with Crippen LogP contribution in [0, 0.1) is 0 Å². The second kappa shape index (κ2) is 11.7. The van der Waals surface area contributed by atoms with Crippen molar-refractivity contribution >= 4 is 52.4 Å². The first-order valence-corrected chi connectivity index (χ1v) is 11.4. The summed E-state index contributed by atoms with van der Waals surface area (Å²) < 4.78 is 0. The third kappa shape index (κ3) is 6.08. The van der Waals surface area contributed by atoms with Gasteiger partial charge in [0.05, 0.1) is 16.9 Å². The Bertz CT molecular complexity index is 1530. The molecule has 0 spiro atoms. The summed E-state index contributed by atoms with van der Waals surface area (Å²) in [6, 6.07) is 21.9. The minimum Gasteiger partial charge on any atom is -0.388 e. The number of hydrogen-bond donors (Lipinski definition) is 2. The maximum Gasteiger partial charge on any atom is 0.193 e. The number of carbonyl (C=O) groups excluding carboxylic acids is 2. The van der Waals surface area contributed by atoms with Crippen LogP contribution in [0.1, 0.15) is 37.7 Å². The molecule has 5 aromatic rings. The normalized spacial score (nSPS) is 10.6. The summed E-state index contributed by atoms with van der Waals surface area (Å²) in [7, 11) is 1.83. The fourth-order valence-corrected chi connectivity index (χ4v) is 3.60. The van der Waals surface area contributed by atoms with Gasteiger partial charge in [-0.1, -0.05) is 35.9 Å². The van der Waals surface area contributed by atoms with E-state index in [4.69, 9.17) is 11.6 Å². The van der Waals surface area contributed by atoms with E-state index in [1.54, 1.807) is 12.3 Å². The average Bonchev–Trinajstić information content (AvgIpc) is 3.34. The monoisotopic (exact) mass is 495 g/mol. The minimum atomic E-state index is -0.0193. The number of pyridine rings is 2. The summed E-state index contributed by atoms with van der Waals surface area (Å²) in [5.41, 5.74) is 5.24. The van der Waals surface area contributed by atoms with Crippen LogP contribution in [-0.2, 0) is 0 Å². The molecule has 178 valence electrons. The third-order valence-corrected chi connectivity index (χ3v) is 5.46. The number of aromatic amines is 1. The lowest BCUT2D eigenvalue weighted by molar-refractivity contribution is 0.103. The highest BCUT2D eigenvalue weighted by Gasteiger charge is 2.12. The lowest BCUT2D eigenvalue weighted by Crippen LogP contribution is -2.02. The van der Waals surface area contributed by atoms with Crippen LogP contribution in [-0.4, -0.2) is 39.3 Å². The molecule has 0 saturated heterocycles. The van der Waals surface area contributed by atoms with E-state index in [0.717, 1.165) is 34.3 Å². The van der Waals surface area contributed by atoms with Crippen LogP contribution >= 0.6 is 11.6 Å². The molecule has 3 aromatic heterocycles. The van der Waals surface area contributed by atoms with Gasteiger partial charge >= 0.3 is 0 Å². The molecule has 0 radical (unpaired) electrons. The molecule has 0 bridgehead atoms. The summed E-state index contributed by atoms with van der Waals surface area (Å²) >= 11 is 5.45. The van der Waals surface area contributed by atoms with Gasteiger partial charge in [-0.15, -0.1) is 0 Å². The van der Waals surface area contributed by atoms with Gasteiger partial charge in [0.15, 0.2) is 5.78 Å². The Morgan fingerprint density at radius 3 is 2.50 bits per heavy atom. The predicted octanol–water partition coefficient (Wildman–Crippen LogP) is 5.95. The number of carbonyl (C=O) groups is 2. The van der Waals surface area contributed by atoms with E-state index in [-0.39, 0.29) is 5.78 Å². The van der Waals surface area contributed by atoms with Gasteiger partial charge in [-0.2, -0.15) is 5.10 Å². The summed E-state index contributed by atoms with van der Waals surface area (Å²) in [4.78, 5) is 30.8. The van der Waals surface area contributed by atoms with Gasteiger partial charge in [-0.3, -0.25) is 19.7 Å². The molecule has 8 heteroatoms. The molecule has 0 aliphatic heterocycles. The lowest BCUT2D eigenvalue weighted by Gasteiger charge is -2.04. The zero-order valence-electron chi connectivity index (χ0n) is 19.4. The molecular formula is C28H22ClN5O2. The molecule has 0 unspecified atom stereocenters. The van der Waals surface area contributed by atoms with Crippen molar-refractivity contribution in [1.29, 1.82) is 0 Å². The number of benzene rings is 2. The second-order valence-corrected chi connectivity index (χ2v) is 8.03. The first-order valence-electron chi connectivity index (χ1n) is 11.0. The van der Waals surface area contributed by atoms with Gasteiger partial charge in [-0.05, 0) is 60.7 Å². The fourth-order valence-electron chi connectivity index (χ4n) is 3.42. The Morgan fingerprint density at radius 2 is 1.78 bits per heavy atom. The molecule has 3 heterocycles. The number of rotatable bonds is 6. The number of nitrogens with zero attached hydrogens (tertiary/aromatic N) is 3. The van der Waals surface area contributed by atoms with Crippen molar-refractivity contribution in [1.82, 2.24) is 20.2 Å². The van der Waals surface area contributed by atoms with Crippen LogP contribution < -0.4 is 5.32 Å². The van der Waals surface area contributed by atoms with Crippen LogP contribution in [0.15, 0.2) is 85.2 Å². The Hall–Kier alpha value is -4.62. The summed E-state index contributed by atoms with van der Waals surface area (Å²) in [6.45, 7) is 0. The molecule has 0 aliphatic carbocycles. The third-order valence-electron chi connectivity index (χ3n) is 5.25. The van der Waals surface area contributed by atoms with Gasteiger partial charge in [0.2, 0.25) is 0 Å². The molecule has 0 saturated carbocycles. The van der Waals surface area contributed by atoms with Gasteiger partial charge in [0.25, 0.3) is 0 Å². The van der Waals surface area contributed by atoms with Crippen molar-refractivity contribution in [3.8, 4) is 0 Å². The Labute approximate surface area is 212 Å². The van der Waals surface area contributed by atoms with Gasteiger partial charge < -0.3 is 5.32 Å². The number of fused-ring (bicyclic) bond motifs is 1. The van der Waals surface area contributed by atoms with Gasteiger partial charge in [0, 0.05) is 47.2 Å². The van der Waals surface area contributed by atoms with Crippen LogP contribution in [0.25, 0.3) is 23.1 Å². The number of nitrogens with one attached hydrogen (secondary N) is 2. The fraction of sp³-hybridized carbons (Fsp3) is 0.0357. The number of aldehydes is 1. The molecule has 2 aromatic carbocycles. The number of ketones is 1. The quantitative estimate of drug-likeness (QED) is 0.171. The van der Waals surface area contributed by atoms with Crippen molar-refractivity contribution in [2.24, 2.45) is 0 Å². The SMILES string of the molecule is CNc1cccc(C(=O)c2ccc3c(/C=C/c4ccccn4)n[nH]c3c2)c1.O=Cc1ccnc(Cl)c1. The topological polar surface area (TPSA) is 101 Å². The zero-order chi connectivity index (χ0) is 25.3. The lowest BCUT2D eigenvalue weighted by atomic mass is 10.0. The Balaban J connectivity index is 0.000000286. The van der Waals surface area contributed by atoms with Crippen molar-refractivity contribution < 1.29 is 9.59 Å². The van der Waals surface area contributed by atoms with E-state index in [1.807, 2.05) is 79.9 Å². The Kier molecular flexibility index (Phi) is 7.95. The van der Waals surface area contributed by atoms with E-state index in [1.165, 1.54) is 12.3 Å². The maximum absolute atomic E-state index is 12.8. The molecule has 0 aliphatic rings. The van der Waals surface area contributed by atoms with Gasteiger partial charge in [-0.25, -0.2) is 4.98 Å². The number of halogens is 1. The van der Waals surface area contributed by atoms with E-state index in [0.29, 0.717) is 21.8 Å². The van der Waals surface area contributed by atoms with Crippen LogP contribution in [0.4, 0.5) is 5.69 Å². The standard InChI is InChI=1S/C22H18N4O.C6H4ClNO/c1-23-18-7-4-5-15(13-18)22(27)16-8-10-19-20(25-26-21(19)14-16)11-9-17-6-2-3-12-24-17;7-6-3-5(4-9)1-2-8-6/h2-14,23H,1H3,(H,25,26);1-4H/b11-9+;. The number of hydrogen-bond acceptors (Lipinski definition) is 6. The molecule has 7 nitrogen and oxygen atoms in total. The predicted molar refractivity (Wildman–Crippen MR) is 143 cm³/mol. The number of H-pyrrole nitrogens is 1. The van der Waals surface area contributed by atoms with Crippen LogP contribution in [0.3, 0.4) is 0 Å². The van der Waals surface area contributed by atoms with E-state index < -0.39 is 0 Å². The highest BCUT2D eigenvalue weighted by molar-refractivity contribution is 6.29. The zero-order valence-corrected chi connectivity index (χ0v) is 20.1. The van der Waals surface area contributed by atoms with E-state index in [2.05, 4.69) is 25.5 Å². The highest BCUT2D eigenvalue weighted by atomic mass is 35.5. The van der Waals surface area contributed by atoms with Crippen molar-refractivity contribution in [2.45, 2.75) is 0 Å². The summed E-state index contributed by atoms with van der Waals surface area (Å²) in [5, 5.41) is 11.7. The highest BCUT2D eigenvalue weighted by Crippen LogP contribution is 2.22. The largest absolute Gasteiger partial charge is 0.388 e. The molecule has 5 rings (SSSR count). The molecule has 36 heavy (non-hydrogen) atoms. The smallest absolute Gasteiger partial charge is 0.193 e. The van der Waals surface area contributed by atoms with Gasteiger partial charge in [0.1, 0.15) is 11.4 Å². The average molecular weight is 496 g/mol. The molecule has 2 N–H and O–H groups in total. The minimum absolute atomic E-state index is 0.0193.